The molecular weight excluding hydrogens is 400 g/mol. The first-order chi connectivity index (χ1) is 14.8. The molecule has 0 bridgehead atoms. The van der Waals surface area contributed by atoms with Crippen molar-refractivity contribution in [2.24, 2.45) is 0 Å². The first kappa shape index (κ1) is 24.1. The molecule has 2 aromatic rings. The lowest BCUT2D eigenvalue weighted by atomic mass is 10.0. The Morgan fingerprint density at radius 2 is 1.81 bits per heavy atom. The number of nitrogens with zero attached hydrogens (tertiary/aromatic N) is 2. The average Bonchev–Trinajstić information content (AvgIpc) is 3.04. The summed E-state index contributed by atoms with van der Waals surface area (Å²) in [6, 6.07) is 6.78. The lowest BCUT2D eigenvalue weighted by molar-refractivity contribution is 0.0587. The second kappa shape index (κ2) is 10.8. The maximum atomic E-state index is 13.3. The van der Waals surface area contributed by atoms with E-state index in [4.69, 9.17) is 14.2 Å². The molecule has 0 unspecified atom stereocenters. The number of ketones is 1. The van der Waals surface area contributed by atoms with Crippen LogP contribution in [0.4, 0.5) is 0 Å². The van der Waals surface area contributed by atoms with Gasteiger partial charge in [-0.15, -0.1) is 0 Å². The van der Waals surface area contributed by atoms with Gasteiger partial charge in [-0.25, -0.2) is 4.79 Å². The molecule has 0 N–H and O–H groups in total. The van der Waals surface area contributed by atoms with Gasteiger partial charge in [0.05, 0.1) is 27.4 Å². The molecule has 0 aliphatic carbocycles. The highest BCUT2D eigenvalue weighted by molar-refractivity contribution is 6.06. The third kappa shape index (κ3) is 5.14. The summed E-state index contributed by atoms with van der Waals surface area (Å²) < 4.78 is 17.0. The van der Waals surface area contributed by atoms with Crippen molar-refractivity contribution in [3.8, 4) is 5.75 Å². The molecule has 8 nitrogen and oxygen atoms in total. The summed E-state index contributed by atoms with van der Waals surface area (Å²) in [5.41, 5.74) is 2.43. The number of carbonyl (C=O) groups is 3. The monoisotopic (exact) mass is 430 g/mol. The Hall–Kier alpha value is -3.13. The maximum Gasteiger partial charge on any atom is 0.354 e. The number of aromatic nitrogens is 1. The van der Waals surface area contributed by atoms with Gasteiger partial charge in [-0.3, -0.25) is 9.59 Å². The molecule has 0 atom stereocenters. The number of ether oxygens (including phenoxy) is 3. The summed E-state index contributed by atoms with van der Waals surface area (Å²) in [7, 11) is 4.37. The SMILES string of the molecule is CCn1c(C)c(C(=O)CN(CCOC)C(=O)c2cccc(OC)c2)c(C)c1C(=O)OC. The molecule has 0 saturated carbocycles. The van der Waals surface area contributed by atoms with Crippen molar-refractivity contribution in [1.82, 2.24) is 9.47 Å². The number of hydrogen-bond acceptors (Lipinski definition) is 6. The smallest absolute Gasteiger partial charge is 0.354 e. The Bertz CT molecular complexity index is 963. The lowest BCUT2D eigenvalue weighted by Gasteiger charge is -2.22. The van der Waals surface area contributed by atoms with Crippen LogP contribution < -0.4 is 4.74 Å². The van der Waals surface area contributed by atoms with Crippen LogP contribution in [0.5, 0.6) is 5.75 Å². The lowest BCUT2D eigenvalue weighted by Crippen LogP contribution is -2.38. The zero-order valence-corrected chi connectivity index (χ0v) is 19.0. The van der Waals surface area contributed by atoms with Gasteiger partial charge in [0.2, 0.25) is 0 Å². The van der Waals surface area contributed by atoms with E-state index in [0.29, 0.717) is 40.4 Å². The van der Waals surface area contributed by atoms with Crippen LogP contribution in [0, 0.1) is 13.8 Å². The molecule has 0 aliphatic rings. The molecule has 1 aromatic heterocycles. The summed E-state index contributed by atoms with van der Waals surface area (Å²) in [6.45, 7) is 6.31. The number of esters is 1. The fourth-order valence-electron chi connectivity index (χ4n) is 3.71. The van der Waals surface area contributed by atoms with E-state index >= 15 is 0 Å². The molecule has 0 spiro atoms. The van der Waals surface area contributed by atoms with Crippen molar-refractivity contribution in [1.29, 1.82) is 0 Å². The van der Waals surface area contributed by atoms with Crippen molar-refractivity contribution in [3.05, 3.63) is 52.3 Å². The quantitative estimate of drug-likeness (QED) is 0.426. The Balaban J connectivity index is 2.39. The first-order valence-electron chi connectivity index (χ1n) is 10.0. The molecule has 2 rings (SSSR count). The molecule has 1 aromatic carbocycles. The van der Waals surface area contributed by atoms with Crippen molar-refractivity contribution in [2.75, 3.05) is 41.0 Å². The molecule has 1 amide bonds. The van der Waals surface area contributed by atoms with Crippen molar-refractivity contribution in [2.45, 2.75) is 27.3 Å². The molecule has 1 heterocycles. The molecule has 0 radical (unpaired) electrons. The highest BCUT2D eigenvalue weighted by Gasteiger charge is 2.28. The van der Waals surface area contributed by atoms with Gasteiger partial charge in [0.1, 0.15) is 11.4 Å². The predicted octanol–water partition coefficient (Wildman–Crippen LogP) is 2.89. The van der Waals surface area contributed by atoms with Gasteiger partial charge in [0.15, 0.2) is 5.78 Å². The fraction of sp³-hybridized carbons (Fsp3) is 0.435. The summed E-state index contributed by atoms with van der Waals surface area (Å²) >= 11 is 0. The summed E-state index contributed by atoms with van der Waals surface area (Å²) in [6.07, 6.45) is 0. The number of Topliss-reactive ketones (excluding diaryl/α,β-unsaturated/α-hetero) is 1. The van der Waals surface area contributed by atoms with Crippen LogP contribution in [0.25, 0.3) is 0 Å². The number of carbonyl (C=O) groups excluding carboxylic acids is 3. The first-order valence-corrected chi connectivity index (χ1v) is 10.0. The van der Waals surface area contributed by atoms with Gasteiger partial charge < -0.3 is 23.7 Å². The average molecular weight is 431 g/mol. The molecule has 31 heavy (non-hydrogen) atoms. The number of methoxy groups -OCH3 is 3. The van der Waals surface area contributed by atoms with Gasteiger partial charge in [0, 0.05) is 37.0 Å². The normalized spacial score (nSPS) is 10.6. The van der Waals surface area contributed by atoms with Crippen molar-refractivity contribution >= 4 is 17.7 Å². The maximum absolute atomic E-state index is 13.3. The molecule has 0 fully saturated rings. The van der Waals surface area contributed by atoms with E-state index in [0.717, 1.165) is 0 Å². The van der Waals surface area contributed by atoms with Crippen LogP contribution in [0.2, 0.25) is 0 Å². The van der Waals surface area contributed by atoms with Crippen LogP contribution in [-0.2, 0) is 16.0 Å². The fourth-order valence-corrected chi connectivity index (χ4v) is 3.71. The van der Waals surface area contributed by atoms with E-state index in [-0.39, 0.29) is 31.4 Å². The largest absolute Gasteiger partial charge is 0.497 e. The minimum atomic E-state index is -0.495. The van der Waals surface area contributed by atoms with Crippen LogP contribution in [0.15, 0.2) is 24.3 Å². The topological polar surface area (TPSA) is 87.1 Å². The zero-order valence-electron chi connectivity index (χ0n) is 19.0. The minimum absolute atomic E-state index is 0.143. The molecule has 168 valence electrons. The molecule has 0 aliphatic heterocycles. The second-order valence-electron chi connectivity index (χ2n) is 7.04. The van der Waals surface area contributed by atoms with Crippen LogP contribution in [-0.4, -0.2) is 68.2 Å². The van der Waals surface area contributed by atoms with Crippen LogP contribution >= 0.6 is 0 Å². The molecule has 0 saturated heterocycles. The number of amides is 1. The molecule has 8 heteroatoms. The Morgan fingerprint density at radius 1 is 1.10 bits per heavy atom. The highest BCUT2D eigenvalue weighted by atomic mass is 16.5. The van der Waals surface area contributed by atoms with Crippen molar-refractivity contribution in [3.63, 3.8) is 0 Å². The third-order valence-corrected chi connectivity index (χ3v) is 5.24. The Kier molecular flexibility index (Phi) is 8.38. The van der Waals surface area contributed by atoms with Gasteiger partial charge >= 0.3 is 5.97 Å². The second-order valence-corrected chi connectivity index (χ2v) is 7.04. The Morgan fingerprint density at radius 3 is 2.39 bits per heavy atom. The van der Waals surface area contributed by atoms with Crippen molar-refractivity contribution < 1.29 is 28.6 Å². The third-order valence-electron chi connectivity index (χ3n) is 5.24. The van der Waals surface area contributed by atoms with E-state index in [9.17, 15) is 14.4 Å². The van der Waals surface area contributed by atoms with Crippen LogP contribution in [0.3, 0.4) is 0 Å². The van der Waals surface area contributed by atoms with E-state index in [2.05, 4.69) is 0 Å². The van der Waals surface area contributed by atoms with Gasteiger partial charge in [0.25, 0.3) is 5.91 Å². The van der Waals surface area contributed by atoms with E-state index in [1.54, 1.807) is 42.7 Å². The van der Waals surface area contributed by atoms with Gasteiger partial charge in [-0.2, -0.15) is 0 Å². The van der Waals surface area contributed by atoms with E-state index in [1.807, 2.05) is 6.92 Å². The zero-order chi connectivity index (χ0) is 23.1. The number of rotatable bonds is 10. The highest BCUT2D eigenvalue weighted by Crippen LogP contribution is 2.24. The van der Waals surface area contributed by atoms with E-state index < -0.39 is 5.97 Å². The summed E-state index contributed by atoms with van der Waals surface area (Å²) in [4.78, 5) is 40.1. The van der Waals surface area contributed by atoms with Crippen LogP contribution in [0.1, 0.15) is 49.4 Å². The summed E-state index contributed by atoms with van der Waals surface area (Å²) in [5, 5.41) is 0. The number of hydrogen-bond donors (Lipinski definition) is 0. The Labute approximate surface area is 182 Å². The molecular formula is C23H30N2O6. The summed E-state index contributed by atoms with van der Waals surface area (Å²) in [5.74, 6) is -0.495. The number of benzene rings is 1. The minimum Gasteiger partial charge on any atom is -0.497 e. The standard InChI is InChI=1S/C23H30N2O6/c1-7-25-16(3)20(15(2)21(25)23(28)31-6)19(26)14-24(11-12-29-4)22(27)17-9-8-10-18(13-17)30-5/h8-10,13H,7,11-12,14H2,1-6H3. The van der Waals surface area contributed by atoms with Gasteiger partial charge in [-0.05, 0) is 44.5 Å². The van der Waals surface area contributed by atoms with E-state index in [1.165, 1.54) is 26.2 Å². The predicted molar refractivity (Wildman–Crippen MR) is 116 cm³/mol. The van der Waals surface area contributed by atoms with Gasteiger partial charge in [-0.1, -0.05) is 6.07 Å².